The average Bonchev–Trinajstić information content (AvgIpc) is 2.02. The summed E-state index contributed by atoms with van der Waals surface area (Å²) >= 11 is 5.96. The summed E-state index contributed by atoms with van der Waals surface area (Å²) in [6.45, 7) is 0. The minimum atomic E-state index is -0.726. The van der Waals surface area contributed by atoms with E-state index >= 15 is 0 Å². The van der Waals surface area contributed by atoms with Crippen LogP contribution in [0.1, 0.15) is 11.1 Å². The van der Waals surface area contributed by atoms with Gasteiger partial charge in [-0.2, -0.15) is 5.26 Å². The average molecular weight is 164 g/mol. The van der Waals surface area contributed by atoms with E-state index in [0.717, 1.165) is 5.56 Å². The molecule has 1 nitrogen and oxygen atoms in total. The summed E-state index contributed by atoms with van der Waals surface area (Å²) in [5.74, 6) is 0. The Labute approximate surface area is 70.2 Å². The van der Waals surface area contributed by atoms with E-state index in [0.29, 0.717) is 6.42 Å². The van der Waals surface area contributed by atoms with Gasteiger partial charge >= 0.3 is 0 Å². The van der Waals surface area contributed by atoms with E-state index in [4.69, 9.17) is 16.9 Å². The Kier molecular flexibility index (Phi) is 1.21. The van der Waals surface area contributed by atoms with Gasteiger partial charge in [0, 0.05) is 6.42 Å². The SMILES string of the molecule is N#CC1(Cl)Cc2ccccc21. The van der Waals surface area contributed by atoms with E-state index in [-0.39, 0.29) is 0 Å². The standard InChI is InChI=1S/C9H6ClN/c10-9(6-11)5-7-3-1-2-4-8(7)9/h1-4H,5H2. The summed E-state index contributed by atoms with van der Waals surface area (Å²) in [6.07, 6.45) is 0.682. The predicted molar refractivity (Wildman–Crippen MR) is 43.3 cm³/mol. The van der Waals surface area contributed by atoms with Crippen LogP contribution in [0.2, 0.25) is 0 Å². The second kappa shape index (κ2) is 1.99. The molecule has 1 unspecified atom stereocenters. The Balaban J connectivity index is 2.53. The third-order valence-electron chi connectivity index (χ3n) is 2.06. The molecule has 1 aromatic carbocycles. The Hall–Kier alpha value is -1.00. The van der Waals surface area contributed by atoms with Crippen molar-refractivity contribution in [3.63, 3.8) is 0 Å². The fourth-order valence-corrected chi connectivity index (χ4v) is 1.74. The smallest absolute Gasteiger partial charge is 0.160 e. The molecule has 0 N–H and O–H groups in total. The van der Waals surface area contributed by atoms with Gasteiger partial charge in [-0.25, -0.2) is 0 Å². The molecule has 0 amide bonds. The quantitative estimate of drug-likeness (QED) is 0.538. The van der Waals surface area contributed by atoms with Gasteiger partial charge in [-0.05, 0) is 11.1 Å². The molecule has 1 aromatic rings. The maximum atomic E-state index is 8.71. The monoisotopic (exact) mass is 163 g/mol. The molecule has 1 aliphatic rings. The van der Waals surface area contributed by atoms with E-state index in [9.17, 15) is 0 Å². The van der Waals surface area contributed by atoms with Gasteiger partial charge in [0.05, 0.1) is 6.07 Å². The van der Waals surface area contributed by atoms with Crippen molar-refractivity contribution in [2.24, 2.45) is 0 Å². The fourth-order valence-electron chi connectivity index (χ4n) is 1.41. The summed E-state index contributed by atoms with van der Waals surface area (Å²) in [5.41, 5.74) is 2.17. The topological polar surface area (TPSA) is 23.8 Å². The van der Waals surface area contributed by atoms with Crippen molar-refractivity contribution in [2.75, 3.05) is 0 Å². The Bertz CT molecular complexity index is 340. The van der Waals surface area contributed by atoms with E-state index in [1.54, 1.807) is 0 Å². The summed E-state index contributed by atoms with van der Waals surface area (Å²) < 4.78 is 0. The van der Waals surface area contributed by atoms with E-state index in [2.05, 4.69) is 6.07 Å². The first-order valence-corrected chi connectivity index (χ1v) is 3.83. The van der Waals surface area contributed by atoms with Gasteiger partial charge in [0.15, 0.2) is 4.87 Å². The first-order chi connectivity index (χ1) is 5.26. The highest BCUT2D eigenvalue weighted by atomic mass is 35.5. The van der Waals surface area contributed by atoms with Crippen LogP contribution >= 0.6 is 11.6 Å². The third kappa shape index (κ3) is 0.766. The van der Waals surface area contributed by atoms with E-state index in [1.165, 1.54) is 5.56 Å². The van der Waals surface area contributed by atoms with Crippen molar-refractivity contribution in [1.82, 2.24) is 0 Å². The zero-order chi connectivity index (χ0) is 7.90. The van der Waals surface area contributed by atoms with Crippen molar-refractivity contribution >= 4 is 11.6 Å². The molecular weight excluding hydrogens is 158 g/mol. The molecule has 0 spiro atoms. The molecule has 1 aliphatic carbocycles. The Morgan fingerprint density at radius 2 is 2.18 bits per heavy atom. The molecule has 0 fully saturated rings. The molecule has 0 saturated carbocycles. The summed E-state index contributed by atoms with van der Waals surface area (Å²) in [6, 6.07) is 9.89. The fraction of sp³-hybridized carbons (Fsp3) is 0.222. The van der Waals surface area contributed by atoms with Crippen molar-refractivity contribution in [3.05, 3.63) is 35.4 Å². The molecule has 0 aliphatic heterocycles. The zero-order valence-corrected chi connectivity index (χ0v) is 6.60. The third-order valence-corrected chi connectivity index (χ3v) is 2.48. The lowest BCUT2D eigenvalue weighted by atomic mass is 9.78. The summed E-state index contributed by atoms with van der Waals surface area (Å²) in [7, 11) is 0. The van der Waals surface area contributed by atoms with Crippen LogP contribution in [0.5, 0.6) is 0 Å². The Morgan fingerprint density at radius 3 is 2.82 bits per heavy atom. The van der Waals surface area contributed by atoms with Gasteiger partial charge in [-0.1, -0.05) is 35.9 Å². The summed E-state index contributed by atoms with van der Waals surface area (Å²) in [5, 5.41) is 8.71. The minimum absolute atomic E-state index is 0.682. The van der Waals surface area contributed by atoms with Gasteiger partial charge in [-0.3, -0.25) is 0 Å². The number of alkyl halides is 1. The highest BCUT2D eigenvalue weighted by molar-refractivity contribution is 6.27. The van der Waals surface area contributed by atoms with Gasteiger partial charge in [0.2, 0.25) is 0 Å². The van der Waals surface area contributed by atoms with Crippen LogP contribution in [0.4, 0.5) is 0 Å². The number of nitrogens with zero attached hydrogens (tertiary/aromatic N) is 1. The molecule has 2 rings (SSSR count). The molecule has 0 saturated heterocycles. The first kappa shape index (κ1) is 6.69. The molecule has 0 aromatic heterocycles. The number of fused-ring (bicyclic) bond motifs is 1. The van der Waals surface area contributed by atoms with Crippen LogP contribution < -0.4 is 0 Å². The first-order valence-electron chi connectivity index (χ1n) is 3.45. The normalized spacial score (nSPS) is 26.5. The summed E-state index contributed by atoms with van der Waals surface area (Å²) in [4.78, 5) is -0.726. The largest absolute Gasteiger partial charge is 0.196 e. The predicted octanol–water partition coefficient (Wildman–Crippen LogP) is 2.20. The number of hydrogen-bond donors (Lipinski definition) is 0. The van der Waals surface area contributed by atoms with Gasteiger partial charge in [-0.15, -0.1) is 0 Å². The Morgan fingerprint density at radius 1 is 1.45 bits per heavy atom. The molecular formula is C9H6ClN. The number of benzene rings is 1. The van der Waals surface area contributed by atoms with Crippen LogP contribution in [0.3, 0.4) is 0 Å². The van der Waals surface area contributed by atoms with Gasteiger partial charge < -0.3 is 0 Å². The number of nitriles is 1. The van der Waals surface area contributed by atoms with Crippen molar-refractivity contribution in [1.29, 1.82) is 5.26 Å². The van der Waals surface area contributed by atoms with Gasteiger partial charge in [0.25, 0.3) is 0 Å². The zero-order valence-electron chi connectivity index (χ0n) is 5.84. The van der Waals surface area contributed by atoms with Crippen molar-refractivity contribution in [2.45, 2.75) is 11.3 Å². The van der Waals surface area contributed by atoms with Crippen LogP contribution in [0.15, 0.2) is 24.3 Å². The second-order valence-corrected chi connectivity index (χ2v) is 3.39. The van der Waals surface area contributed by atoms with E-state index < -0.39 is 4.87 Å². The maximum absolute atomic E-state index is 8.71. The highest BCUT2D eigenvalue weighted by Gasteiger charge is 2.40. The minimum Gasteiger partial charge on any atom is -0.196 e. The lowest BCUT2D eigenvalue weighted by Crippen LogP contribution is -2.31. The molecule has 54 valence electrons. The molecule has 0 heterocycles. The highest BCUT2D eigenvalue weighted by Crippen LogP contribution is 2.43. The number of hydrogen-bond acceptors (Lipinski definition) is 1. The van der Waals surface area contributed by atoms with Crippen LogP contribution in [0, 0.1) is 11.3 Å². The second-order valence-electron chi connectivity index (χ2n) is 2.75. The molecule has 1 atom stereocenters. The molecule has 0 radical (unpaired) electrons. The van der Waals surface area contributed by atoms with Crippen LogP contribution in [-0.4, -0.2) is 0 Å². The van der Waals surface area contributed by atoms with Crippen molar-refractivity contribution in [3.8, 4) is 6.07 Å². The lowest BCUT2D eigenvalue weighted by Gasteiger charge is -2.32. The van der Waals surface area contributed by atoms with Crippen LogP contribution in [0.25, 0.3) is 0 Å². The van der Waals surface area contributed by atoms with Gasteiger partial charge in [0.1, 0.15) is 0 Å². The van der Waals surface area contributed by atoms with Crippen LogP contribution in [-0.2, 0) is 11.3 Å². The number of rotatable bonds is 0. The molecule has 2 heteroatoms. The number of halogens is 1. The maximum Gasteiger partial charge on any atom is 0.160 e. The molecule has 11 heavy (non-hydrogen) atoms. The van der Waals surface area contributed by atoms with Crippen molar-refractivity contribution < 1.29 is 0 Å². The molecule has 0 bridgehead atoms. The lowest BCUT2D eigenvalue weighted by molar-refractivity contribution is 0.668. The van der Waals surface area contributed by atoms with E-state index in [1.807, 2.05) is 24.3 Å².